The summed E-state index contributed by atoms with van der Waals surface area (Å²) in [7, 11) is 0. The van der Waals surface area contributed by atoms with Crippen LogP contribution in [0.5, 0.6) is 0 Å². The first-order chi connectivity index (χ1) is 8.76. The van der Waals surface area contributed by atoms with Crippen molar-refractivity contribution in [3.05, 3.63) is 17.0 Å². The molecule has 4 aliphatic carbocycles. The van der Waals surface area contributed by atoms with Crippen molar-refractivity contribution < 1.29 is 4.52 Å². The molecule has 2 N–H and O–H groups in total. The number of hydrogen-bond donors (Lipinski definition) is 1. The Kier molecular flexibility index (Phi) is 2.35. The van der Waals surface area contributed by atoms with Gasteiger partial charge in [0.25, 0.3) is 0 Å². The van der Waals surface area contributed by atoms with E-state index in [9.17, 15) is 0 Å². The zero-order valence-electron chi connectivity index (χ0n) is 11.1. The first kappa shape index (κ1) is 11.0. The summed E-state index contributed by atoms with van der Waals surface area (Å²) in [4.78, 5) is 0. The Morgan fingerprint density at radius 1 is 1.11 bits per heavy atom. The zero-order chi connectivity index (χ0) is 12.3. The maximum Gasteiger partial charge on any atom is 0.138 e. The molecular formula is C15H22N2O. The van der Waals surface area contributed by atoms with Gasteiger partial charge < -0.3 is 10.3 Å². The van der Waals surface area contributed by atoms with Gasteiger partial charge in [-0.25, -0.2) is 0 Å². The summed E-state index contributed by atoms with van der Waals surface area (Å²) in [6.07, 6.45) is 7.20. The molecule has 1 aromatic rings. The molecule has 3 heteroatoms. The summed E-state index contributed by atoms with van der Waals surface area (Å²) in [6, 6.07) is 0. The van der Waals surface area contributed by atoms with Crippen LogP contribution in [0.25, 0.3) is 0 Å². The fourth-order valence-corrected chi connectivity index (χ4v) is 5.29. The van der Waals surface area contributed by atoms with Gasteiger partial charge in [-0.3, -0.25) is 0 Å². The lowest BCUT2D eigenvalue weighted by Gasteiger charge is -2.54. The van der Waals surface area contributed by atoms with Gasteiger partial charge in [-0.05, 0) is 62.7 Å². The molecule has 0 unspecified atom stereocenters. The van der Waals surface area contributed by atoms with Gasteiger partial charge in [-0.1, -0.05) is 5.16 Å². The summed E-state index contributed by atoms with van der Waals surface area (Å²) < 4.78 is 5.41. The Hall–Kier alpha value is -0.830. The number of aryl methyl sites for hydroxylation is 1. The van der Waals surface area contributed by atoms with Gasteiger partial charge in [0.1, 0.15) is 5.76 Å². The van der Waals surface area contributed by atoms with Gasteiger partial charge in [0.2, 0.25) is 0 Å². The van der Waals surface area contributed by atoms with Crippen LogP contribution in [0, 0.1) is 30.6 Å². The van der Waals surface area contributed by atoms with Crippen LogP contribution in [-0.2, 0) is 6.54 Å². The van der Waals surface area contributed by atoms with Crippen LogP contribution in [0.15, 0.2) is 4.52 Å². The molecule has 0 aliphatic heterocycles. The molecule has 18 heavy (non-hydrogen) atoms. The second-order valence-corrected chi connectivity index (χ2v) is 6.76. The van der Waals surface area contributed by atoms with Crippen molar-refractivity contribution in [2.24, 2.45) is 29.4 Å². The van der Waals surface area contributed by atoms with E-state index < -0.39 is 0 Å². The van der Waals surface area contributed by atoms with Crippen LogP contribution in [0.2, 0.25) is 0 Å². The highest BCUT2D eigenvalue weighted by atomic mass is 16.5. The topological polar surface area (TPSA) is 52.0 Å². The highest BCUT2D eigenvalue weighted by molar-refractivity contribution is 5.28. The first-order valence-corrected chi connectivity index (χ1v) is 7.41. The van der Waals surface area contributed by atoms with E-state index in [0.717, 1.165) is 29.4 Å². The normalized spacial score (nSPS) is 41.6. The van der Waals surface area contributed by atoms with Gasteiger partial charge in [-0.15, -0.1) is 0 Å². The van der Waals surface area contributed by atoms with Crippen LogP contribution < -0.4 is 5.73 Å². The molecule has 98 valence electrons. The van der Waals surface area contributed by atoms with Crippen LogP contribution in [-0.4, -0.2) is 5.16 Å². The summed E-state index contributed by atoms with van der Waals surface area (Å²) in [5.74, 6) is 5.32. The SMILES string of the molecule is Cc1onc(C2C3CC4CC(C3)CC2C4)c1CN. The number of rotatable bonds is 2. The average molecular weight is 246 g/mol. The summed E-state index contributed by atoms with van der Waals surface area (Å²) in [6.45, 7) is 2.57. The Morgan fingerprint density at radius 3 is 2.28 bits per heavy atom. The maximum atomic E-state index is 5.89. The Morgan fingerprint density at radius 2 is 1.72 bits per heavy atom. The lowest BCUT2D eigenvalue weighted by Crippen LogP contribution is -2.44. The van der Waals surface area contributed by atoms with Crippen molar-refractivity contribution in [1.82, 2.24) is 5.16 Å². The van der Waals surface area contributed by atoms with E-state index in [-0.39, 0.29) is 0 Å². The zero-order valence-corrected chi connectivity index (χ0v) is 11.1. The van der Waals surface area contributed by atoms with Gasteiger partial charge in [0, 0.05) is 18.0 Å². The number of nitrogens with zero attached hydrogens (tertiary/aromatic N) is 1. The molecule has 4 fully saturated rings. The first-order valence-electron chi connectivity index (χ1n) is 7.41. The molecule has 5 rings (SSSR count). The second kappa shape index (κ2) is 3.83. The molecule has 0 atom stereocenters. The standard InChI is InChI=1S/C15H22N2O/c1-8-13(7-16)15(17-18-8)14-11-3-9-2-10(5-11)6-12(14)4-9/h9-12,14H,2-7,16H2,1H3. The van der Waals surface area contributed by atoms with Gasteiger partial charge in [0.05, 0.1) is 5.69 Å². The van der Waals surface area contributed by atoms with E-state index in [1.807, 2.05) is 6.92 Å². The van der Waals surface area contributed by atoms with Crippen molar-refractivity contribution in [2.45, 2.75) is 51.5 Å². The van der Waals surface area contributed by atoms with Crippen molar-refractivity contribution in [2.75, 3.05) is 0 Å². The lowest BCUT2D eigenvalue weighted by molar-refractivity contribution is -0.00530. The van der Waals surface area contributed by atoms with Crippen LogP contribution in [0.1, 0.15) is 55.0 Å². The average Bonchev–Trinajstić information content (AvgIpc) is 2.69. The highest BCUT2D eigenvalue weighted by Gasteiger charge is 2.50. The third kappa shape index (κ3) is 1.43. The molecule has 0 amide bonds. The third-order valence-corrected chi connectivity index (χ3v) is 5.76. The highest BCUT2D eigenvalue weighted by Crippen LogP contribution is 2.59. The molecule has 0 aromatic carbocycles. The van der Waals surface area contributed by atoms with Crippen molar-refractivity contribution >= 4 is 0 Å². The molecule has 3 nitrogen and oxygen atoms in total. The Labute approximate surface area is 108 Å². The molecule has 4 saturated carbocycles. The van der Waals surface area contributed by atoms with E-state index in [1.54, 1.807) is 0 Å². The summed E-state index contributed by atoms with van der Waals surface area (Å²) in [5, 5.41) is 4.38. The minimum absolute atomic E-state index is 0.577. The Bertz CT molecular complexity index is 437. The van der Waals surface area contributed by atoms with Crippen molar-refractivity contribution in [3.8, 4) is 0 Å². The van der Waals surface area contributed by atoms with Crippen molar-refractivity contribution in [1.29, 1.82) is 0 Å². The maximum absolute atomic E-state index is 5.89. The number of nitrogens with two attached hydrogens (primary N) is 1. The molecule has 0 saturated heterocycles. The predicted octanol–water partition coefficient (Wildman–Crippen LogP) is 2.98. The van der Waals surface area contributed by atoms with Crippen LogP contribution in [0.4, 0.5) is 0 Å². The van der Waals surface area contributed by atoms with E-state index >= 15 is 0 Å². The largest absolute Gasteiger partial charge is 0.361 e. The quantitative estimate of drug-likeness (QED) is 0.872. The van der Waals surface area contributed by atoms with Crippen LogP contribution >= 0.6 is 0 Å². The molecule has 4 aliphatic rings. The fraction of sp³-hybridized carbons (Fsp3) is 0.800. The molecule has 0 radical (unpaired) electrons. The predicted molar refractivity (Wildman–Crippen MR) is 68.9 cm³/mol. The van der Waals surface area contributed by atoms with Gasteiger partial charge in [-0.2, -0.15) is 0 Å². The van der Waals surface area contributed by atoms with E-state index in [2.05, 4.69) is 5.16 Å². The van der Waals surface area contributed by atoms with Gasteiger partial charge in [0.15, 0.2) is 0 Å². The summed E-state index contributed by atoms with van der Waals surface area (Å²) >= 11 is 0. The smallest absolute Gasteiger partial charge is 0.138 e. The molecule has 0 spiro atoms. The molecular weight excluding hydrogens is 224 g/mol. The van der Waals surface area contributed by atoms with Crippen LogP contribution in [0.3, 0.4) is 0 Å². The van der Waals surface area contributed by atoms with E-state index in [1.165, 1.54) is 43.4 Å². The van der Waals surface area contributed by atoms with E-state index in [4.69, 9.17) is 10.3 Å². The summed E-state index contributed by atoms with van der Waals surface area (Å²) in [5.41, 5.74) is 8.29. The monoisotopic (exact) mass is 246 g/mol. The second-order valence-electron chi connectivity index (χ2n) is 6.76. The fourth-order valence-electron chi connectivity index (χ4n) is 5.29. The minimum Gasteiger partial charge on any atom is -0.361 e. The number of hydrogen-bond acceptors (Lipinski definition) is 3. The van der Waals surface area contributed by atoms with Crippen molar-refractivity contribution in [3.63, 3.8) is 0 Å². The minimum atomic E-state index is 0.577. The van der Waals surface area contributed by atoms with Gasteiger partial charge >= 0.3 is 0 Å². The third-order valence-electron chi connectivity index (χ3n) is 5.76. The lowest BCUT2D eigenvalue weighted by atomic mass is 9.51. The number of aromatic nitrogens is 1. The molecule has 1 heterocycles. The Balaban J connectivity index is 1.72. The molecule has 1 aromatic heterocycles. The molecule has 4 bridgehead atoms. The van der Waals surface area contributed by atoms with E-state index in [0.29, 0.717) is 12.5 Å².